The van der Waals surface area contributed by atoms with Crippen LogP contribution in [0.5, 0.6) is 0 Å². The second kappa shape index (κ2) is 6.79. The third-order valence-electron chi connectivity index (χ3n) is 5.62. The van der Waals surface area contributed by atoms with Crippen LogP contribution in [-0.2, 0) is 0 Å². The van der Waals surface area contributed by atoms with Crippen LogP contribution in [0.3, 0.4) is 0 Å². The van der Waals surface area contributed by atoms with Crippen molar-refractivity contribution in [1.82, 2.24) is 14.8 Å². The summed E-state index contributed by atoms with van der Waals surface area (Å²) in [5.74, 6) is -0.648. The second-order valence-corrected chi connectivity index (χ2v) is 7.59. The average Bonchev–Trinajstić information content (AvgIpc) is 3.31. The van der Waals surface area contributed by atoms with E-state index in [0.29, 0.717) is 17.2 Å². The number of hydrogen-bond donors (Lipinski definition) is 0. The van der Waals surface area contributed by atoms with Crippen LogP contribution in [0.4, 0.5) is 24.8 Å². The molecule has 0 bridgehead atoms. The first kappa shape index (κ1) is 18.8. The molecule has 1 amide bonds. The fourth-order valence-corrected chi connectivity index (χ4v) is 4.23. The van der Waals surface area contributed by atoms with E-state index in [0.717, 1.165) is 6.42 Å². The van der Waals surface area contributed by atoms with Gasteiger partial charge in [-0.05, 0) is 38.8 Å². The Morgan fingerprint density at radius 3 is 2.68 bits per heavy atom. The van der Waals surface area contributed by atoms with Crippen molar-refractivity contribution in [3.8, 4) is 0 Å². The molecule has 1 unspecified atom stereocenters. The number of carbonyl (C=O) groups is 1. The zero-order chi connectivity index (χ0) is 20.1. The maximum Gasteiger partial charge on any atom is 0.393 e. The number of pyridine rings is 1. The lowest BCUT2D eigenvalue weighted by molar-refractivity contribution is -0.168. The molecule has 0 N–H and O–H groups in total. The Hall–Kier alpha value is -2.58. The van der Waals surface area contributed by atoms with Crippen LogP contribution in [-0.4, -0.2) is 46.0 Å². The molecule has 0 aromatic carbocycles. The number of carbonyl (C=O) groups excluding carboxylic acids is 1. The molecule has 3 atom stereocenters. The van der Waals surface area contributed by atoms with Crippen molar-refractivity contribution in [2.24, 2.45) is 5.92 Å². The summed E-state index contributed by atoms with van der Waals surface area (Å²) in [4.78, 5) is 20.9. The van der Waals surface area contributed by atoms with Gasteiger partial charge in [0.05, 0.1) is 23.7 Å². The van der Waals surface area contributed by atoms with Gasteiger partial charge < -0.3 is 4.90 Å². The quantitative estimate of drug-likeness (QED) is 0.781. The Bertz CT molecular complexity index is 880. The highest BCUT2D eigenvalue weighted by Crippen LogP contribution is 2.37. The molecule has 2 aromatic rings. The number of rotatable bonds is 2. The van der Waals surface area contributed by atoms with Crippen molar-refractivity contribution in [2.75, 3.05) is 22.9 Å². The fourth-order valence-electron chi connectivity index (χ4n) is 4.23. The highest BCUT2D eigenvalue weighted by Gasteiger charge is 2.44. The standard InChI is InChI=1S/C19H22F3N5O/c1-12-10-13(2)27-16(5-8-24-27)26(12)18(28)15-4-3-7-23-17(15)25-9-6-14(11-25)19(20,21)22/h3-5,7-8,12-14H,6,9-11H2,1-2H3/t12-,13+,14?/m1/s1. The summed E-state index contributed by atoms with van der Waals surface area (Å²) < 4.78 is 41.1. The van der Waals surface area contributed by atoms with E-state index >= 15 is 0 Å². The van der Waals surface area contributed by atoms with Gasteiger partial charge >= 0.3 is 6.18 Å². The molecule has 1 fully saturated rings. The monoisotopic (exact) mass is 393 g/mol. The zero-order valence-corrected chi connectivity index (χ0v) is 15.7. The summed E-state index contributed by atoms with van der Waals surface area (Å²) >= 11 is 0. The largest absolute Gasteiger partial charge is 0.393 e. The SMILES string of the molecule is C[C@@H]1C[C@H](C)n2nccc2N1C(=O)c1cccnc1N1CCC(C(F)(F)F)C1. The summed E-state index contributed by atoms with van der Waals surface area (Å²) in [5.41, 5.74) is 0.319. The second-order valence-electron chi connectivity index (χ2n) is 7.59. The maximum absolute atomic E-state index is 13.4. The van der Waals surface area contributed by atoms with Crippen molar-refractivity contribution in [3.05, 3.63) is 36.2 Å². The zero-order valence-electron chi connectivity index (χ0n) is 15.7. The van der Waals surface area contributed by atoms with Gasteiger partial charge in [-0.15, -0.1) is 0 Å². The van der Waals surface area contributed by atoms with E-state index in [4.69, 9.17) is 0 Å². The van der Waals surface area contributed by atoms with Crippen molar-refractivity contribution >= 4 is 17.5 Å². The third-order valence-corrected chi connectivity index (χ3v) is 5.62. The van der Waals surface area contributed by atoms with Gasteiger partial charge in [0, 0.05) is 31.4 Å². The number of alkyl halides is 3. The number of nitrogens with zero attached hydrogens (tertiary/aromatic N) is 5. The van der Waals surface area contributed by atoms with Crippen molar-refractivity contribution in [2.45, 2.75) is 44.9 Å². The predicted molar refractivity (Wildman–Crippen MR) is 98.4 cm³/mol. The molecule has 0 aliphatic carbocycles. The average molecular weight is 393 g/mol. The maximum atomic E-state index is 13.4. The van der Waals surface area contributed by atoms with Gasteiger partial charge in [-0.2, -0.15) is 18.3 Å². The van der Waals surface area contributed by atoms with E-state index in [1.54, 1.807) is 34.2 Å². The first-order valence-corrected chi connectivity index (χ1v) is 9.41. The molecule has 28 heavy (non-hydrogen) atoms. The van der Waals surface area contributed by atoms with Crippen molar-refractivity contribution in [1.29, 1.82) is 0 Å². The van der Waals surface area contributed by atoms with Gasteiger partial charge in [0.2, 0.25) is 0 Å². The third kappa shape index (κ3) is 3.12. The topological polar surface area (TPSA) is 54.3 Å². The molecule has 6 nitrogen and oxygen atoms in total. The van der Waals surface area contributed by atoms with Crippen molar-refractivity contribution < 1.29 is 18.0 Å². The summed E-state index contributed by atoms with van der Waals surface area (Å²) in [7, 11) is 0. The van der Waals surface area contributed by atoms with E-state index < -0.39 is 12.1 Å². The molecule has 9 heteroatoms. The Morgan fingerprint density at radius 2 is 1.96 bits per heavy atom. The molecule has 150 valence electrons. The van der Waals surface area contributed by atoms with Crippen LogP contribution in [0.1, 0.15) is 43.1 Å². The Morgan fingerprint density at radius 1 is 1.18 bits per heavy atom. The Labute approximate surface area is 160 Å². The van der Waals surface area contributed by atoms with Crippen LogP contribution in [0.15, 0.2) is 30.6 Å². The minimum Gasteiger partial charge on any atom is -0.355 e. The Balaban J connectivity index is 1.66. The number of halogens is 3. The van der Waals surface area contributed by atoms with Gasteiger partial charge in [0.1, 0.15) is 11.6 Å². The number of fused-ring (bicyclic) bond motifs is 1. The normalized spacial score (nSPS) is 25.1. The molecule has 0 radical (unpaired) electrons. The summed E-state index contributed by atoms with van der Waals surface area (Å²) in [6, 6.07) is 5.18. The lowest BCUT2D eigenvalue weighted by atomic mass is 10.0. The first-order chi connectivity index (χ1) is 13.3. The van der Waals surface area contributed by atoms with Crippen molar-refractivity contribution in [3.63, 3.8) is 0 Å². The van der Waals surface area contributed by atoms with E-state index in [1.165, 1.54) is 6.20 Å². The van der Waals surface area contributed by atoms with Gasteiger partial charge in [-0.25, -0.2) is 9.67 Å². The summed E-state index contributed by atoms with van der Waals surface area (Å²) in [6.45, 7) is 4.07. The molecule has 0 spiro atoms. The number of hydrogen-bond acceptors (Lipinski definition) is 4. The highest BCUT2D eigenvalue weighted by atomic mass is 19.4. The molecule has 2 aliphatic heterocycles. The minimum absolute atomic E-state index is 0.0120. The molecular weight excluding hydrogens is 371 g/mol. The first-order valence-electron chi connectivity index (χ1n) is 9.41. The highest BCUT2D eigenvalue weighted by molar-refractivity contribution is 6.09. The van der Waals surface area contributed by atoms with Crippen LogP contribution in [0, 0.1) is 5.92 Å². The van der Waals surface area contributed by atoms with Gasteiger partial charge in [0.15, 0.2) is 0 Å². The molecule has 2 aromatic heterocycles. The number of aromatic nitrogens is 3. The summed E-state index contributed by atoms with van der Waals surface area (Å²) in [5, 5.41) is 4.31. The minimum atomic E-state index is -4.24. The molecule has 0 saturated carbocycles. The van der Waals surface area contributed by atoms with Gasteiger partial charge in [-0.3, -0.25) is 9.69 Å². The fraction of sp³-hybridized carbons (Fsp3) is 0.526. The molecule has 2 aliphatic rings. The smallest absolute Gasteiger partial charge is 0.355 e. The molecular formula is C19H22F3N5O. The van der Waals surface area contributed by atoms with Crippen LogP contribution >= 0.6 is 0 Å². The molecule has 1 saturated heterocycles. The van der Waals surface area contributed by atoms with Crippen LogP contribution in [0.25, 0.3) is 0 Å². The van der Waals surface area contributed by atoms with Crippen LogP contribution < -0.4 is 9.80 Å². The lowest BCUT2D eigenvalue weighted by Crippen LogP contribution is -2.45. The molecule has 4 heterocycles. The van der Waals surface area contributed by atoms with Crippen LogP contribution in [0.2, 0.25) is 0 Å². The summed E-state index contributed by atoms with van der Waals surface area (Å²) in [6.07, 6.45) is -0.312. The van der Waals surface area contributed by atoms with E-state index in [-0.39, 0.29) is 37.5 Å². The van der Waals surface area contributed by atoms with Gasteiger partial charge in [0.25, 0.3) is 5.91 Å². The van der Waals surface area contributed by atoms with E-state index in [9.17, 15) is 18.0 Å². The van der Waals surface area contributed by atoms with E-state index in [1.807, 2.05) is 18.5 Å². The lowest BCUT2D eigenvalue weighted by Gasteiger charge is -2.37. The van der Waals surface area contributed by atoms with Gasteiger partial charge in [-0.1, -0.05) is 0 Å². The predicted octanol–water partition coefficient (Wildman–Crippen LogP) is 3.67. The number of anilines is 2. The van der Waals surface area contributed by atoms with E-state index in [2.05, 4.69) is 10.1 Å². The number of amides is 1. The molecule has 4 rings (SSSR count). The Kier molecular flexibility index (Phi) is 4.55.